The average molecular weight is 373 g/mol. The third kappa shape index (κ3) is 3.36. The van der Waals surface area contributed by atoms with Crippen LogP contribution in [-0.4, -0.2) is 35.8 Å². The van der Waals surface area contributed by atoms with Gasteiger partial charge in [0.15, 0.2) is 10.8 Å². The number of carbonyl (C=O) groups excluding carboxylic acids is 1. The second-order valence-electron chi connectivity index (χ2n) is 5.53. The van der Waals surface area contributed by atoms with Crippen LogP contribution in [0.1, 0.15) is 11.1 Å². The molecular formula is C18H17ClN4OS. The van der Waals surface area contributed by atoms with E-state index < -0.39 is 0 Å². The van der Waals surface area contributed by atoms with Crippen LogP contribution in [0.3, 0.4) is 0 Å². The van der Waals surface area contributed by atoms with Crippen LogP contribution in [-0.2, 0) is 11.3 Å². The molecule has 0 aromatic heterocycles. The van der Waals surface area contributed by atoms with E-state index in [0.717, 1.165) is 16.8 Å². The molecule has 1 heterocycles. The van der Waals surface area contributed by atoms with Crippen LogP contribution in [0.4, 0.5) is 5.69 Å². The van der Waals surface area contributed by atoms with Crippen LogP contribution in [0.2, 0.25) is 5.02 Å². The summed E-state index contributed by atoms with van der Waals surface area (Å²) in [5.74, 6) is -0.174. The summed E-state index contributed by atoms with van der Waals surface area (Å²) in [7, 11) is 3.42. The first-order chi connectivity index (χ1) is 12.0. The molecule has 3 rings (SSSR count). The number of rotatable bonds is 3. The maximum absolute atomic E-state index is 13.0. The van der Waals surface area contributed by atoms with Gasteiger partial charge < -0.3 is 10.2 Å². The fraction of sp³-hybridized carbons (Fsp3) is 0.167. The summed E-state index contributed by atoms with van der Waals surface area (Å²) >= 11 is 11.4. The van der Waals surface area contributed by atoms with Gasteiger partial charge in [0, 0.05) is 24.7 Å². The Morgan fingerprint density at radius 2 is 1.92 bits per heavy atom. The number of thiocarbonyl (C=S) groups is 1. The van der Waals surface area contributed by atoms with Crippen molar-refractivity contribution in [3.05, 3.63) is 64.7 Å². The number of hydrogen-bond acceptors (Lipinski definition) is 3. The normalized spacial score (nSPS) is 14.6. The summed E-state index contributed by atoms with van der Waals surface area (Å²) in [6.45, 7) is 0.384. The quantitative estimate of drug-likeness (QED) is 0.664. The Kier molecular flexibility index (Phi) is 5.01. The summed E-state index contributed by atoms with van der Waals surface area (Å²) in [6.07, 6.45) is 0. The zero-order valence-corrected chi connectivity index (χ0v) is 15.4. The van der Waals surface area contributed by atoms with Crippen LogP contribution >= 0.6 is 23.8 Å². The van der Waals surface area contributed by atoms with Crippen molar-refractivity contribution in [3.63, 3.8) is 0 Å². The van der Waals surface area contributed by atoms with E-state index in [-0.39, 0.29) is 5.91 Å². The van der Waals surface area contributed by atoms with Gasteiger partial charge >= 0.3 is 0 Å². The van der Waals surface area contributed by atoms with Gasteiger partial charge in [0.25, 0.3) is 5.91 Å². The molecule has 2 aromatic carbocycles. The summed E-state index contributed by atoms with van der Waals surface area (Å²) in [5.41, 5.74) is 2.84. The van der Waals surface area contributed by atoms with E-state index in [4.69, 9.17) is 23.8 Å². The van der Waals surface area contributed by atoms with Crippen molar-refractivity contribution in [2.24, 2.45) is 5.10 Å². The van der Waals surface area contributed by atoms with Crippen LogP contribution in [0, 0.1) is 0 Å². The predicted molar refractivity (Wildman–Crippen MR) is 105 cm³/mol. The minimum Gasteiger partial charge on any atom is -0.364 e. The van der Waals surface area contributed by atoms with Crippen molar-refractivity contribution >= 4 is 46.2 Å². The molecule has 1 aliphatic heterocycles. The molecule has 7 heteroatoms. The summed E-state index contributed by atoms with van der Waals surface area (Å²) in [4.78, 5) is 14.7. The number of nitrogens with zero attached hydrogens (tertiary/aromatic N) is 3. The lowest BCUT2D eigenvalue weighted by molar-refractivity contribution is -0.112. The van der Waals surface area contributed by atoms with Crippen molar-refractivity contribution in [2.45, 2.75) is 6.54 Å². The molecule has 0 aliphatic carbocycles. The number of hydrazone groups is 1. The highest BCUT2D eigenvalue weighted by atomic mass is 35.5. The summed E-state index contributed by atoms with van der Waals surface area (Å²) in [5, 5.41) is 9.80. The van der Waals surface area contributed by atoms with E-state index >= 15 is 0 Å². The minimum atomic E-state index is -0.174. The number of para-hydroxylation sites is 1. The van der Waals surface area contributed by atoms with Gasteiger partial charge in [-0.25, -0.2) is 5.01 Å². The Morgan fingerprint density at radius 3 is 2.64 bits per heavy atom. The van der Waals surface area contributed by atoms with E-state index in [2.05, 4.69) is 10.4 Å². The Labute approximate surface area is 156 Å². The first kappa shape index (κ1) is 17.4. The van der Waals surface area contributed by atoms with Gasteiger partial charge in [0.05, 0.1) is 12.2 Å². The van der Waals surface area contributed by atoms with Gasteiger partial charge in [0.2, 0.25) is 0 Å². The molecule has 25 heavy (non-hydrogen) atoms. The third-order valence-corrected chi connectivity index (χ3v) is 4.78. The largest absolute Gasteiger partial charge is 0.364 e. The highest BCUT2D eigenvalue weighted by Crippen LogP contribution is 2.31. The van der Waals surface area contributed by atoms with E-state index in [1.807, 2.05) is 48.5 Å². The van der Waals surface area contributed by atoms with Gasteiger partial charge in [-0.05, 0) is 29.9 Å². The molecule has 0 spiro atoms. The second kappa shape index (κ2) is 7.21. The number of anilines is 1. The number of halogens is 1. The van der Waals surface area contributed by atoms with Crippen molar-refractivity contribution in [1.29, 1.82) is 0 Å². The molecule has 0 bridgehead atoms. The van der Waals surface area contributed by atoms with Crippen LogP contribution < -0.4 is 10.2 Å². The van der Waals surface area contributed by atoms with Crippen LogP contribution in [0.15, 0.2) is 53.6 Å². The molecule has 2 aromatic rings. The molecule has 0 fully saturated rings. The molecule has 0 unspecified atom stereocenters. The number of fused-ring (bicyclic) bond motifs is 1. The third-order valence-electron chi connectivity index (χ3n) is 3.94. The SMILES string of the molecule is CNC(=S)N(C)/N=C1\C(=O)N(Cc2ccccc2Cl)c2ccccc21. The lowest BCUT2D eigenvalue weighted by atomic mass is 10.1. The fourth-order valence-electron chi connectivity index (χ4n) is 2.67. The minimum absolute atomic E-state index is 0.174. The Morgan fingerprint density at radius 1 is 1.24 bits per heavy atom. The zero-order chi connectivity index (χ0) is 18.0. The number of nitrogens with one attached hydrogen (secondary N) is 1. The highest BCUT2D eigenvalue weighted by molar-refractivity contribution is 7.80. The van der Waals surface area contributed by atoms with E-state index in [0.29, 0.717) is 22.4 Å². The van der Waals surface area contributed by atoms with Crippen molar-refractivity contribution < 1.29 is 4.79 Å². The molecule has 1 aliphatic rings. The number of carbonyl (C=O) groups is 1. The maximum Gasteiger partial charge on any atom is 0.279 e. The van der Waals surface area contributed by atoms with Gasteiger partial charge in [-0.15, -0.1) is 0 Å². The van der Waals surface area contributed by atoms with Crippen molar-refractivity contribution in [2.75, 3.05) is 19.0 Å². The molecule has 0 radical (unpaired) electrons. The molecule has 128 valence electrons. The first-order valence-electron chi connectivity index (χ1n) is 7.71. The Bertz CT molecular complexity index is 868. The number of hydrogen-bond donors (Lipinski definition) is 1. The highest BCUT2D eigenvalue weighted by Gasteiger charge is 2.34. The number of amides is 1. The zero-order valence-electron chi connectivity index (χ0n) is 13.9. The lowest BCUT2D eigenvalue weighted by Gasteiger charge is -2.18. The Hall–Kier alpha value is -2.44. The van der Waals surface area contributed by atoms with Gasteiger partial charge in [-0.3, -0.25) is 4.79 Å². The van der Waals surface area contributed by atoms with E-state index in [1.54, 1.807) is 19.0 Å². The first-order valence-corrected chi connectivity index (χ1v) is 8.50. The summed E-state index contributed by atoms with van der Waals surface area (Å²) in [6, 6.07) is 15.1. The molecular weight excluding hydrogens is 356 g/mol. The smallest absolute Gasteiger partial charge is 0.279 e. The van der Waals surface area contributed by atoms with Gasteiger partial charge in [-0.1, -0.05) is 48.0 Å². The number of benzene rings is 2. The van der Waals surface area contributed by atoms with Gasteiger partial charge in [-0.2, -0.15) is 5.10 Å². The maximum atomic E-state index is 13.0. The molecule has 1 amide bonds. The Balaban J connectivity index is 2.00. The average Bonchev–Trinajstić information content (AvgIpc) is 2.88. The second-order valence-corrected chi connectivity index (χ2v) is 6.32. The van der Waals surface area contributed by atoms with Crippen molar-refractivity contribution in [3.8, 4) is 0 Å². The van der Waals surface area contributed by atoms with Crippen LogP contribution in [0.25, 0.3) is 0 Å². The molecule has 0 saturated carbocycles. The molecule has 5 nitrogen and oxygen atoms in total. The molecule has 0 atom stereocenters. The molecule has 0 saturated heterocycles. The van der Waals surface area contributed by atoms with E-state index in [9.17, 15) is 4.79 Å². The molecule has 1 N–H and O–H groups in total. The topological polar surface area (TPSA) is 47.9 Å². The lowest BCUT2D eigenvalue weighted by Crippen LogP contribution is -2.34. The van der Waals surface area contributed by atoms with Crippen molar-refractivity contribution in [1.82, 2.24) is 10.3 Å². The monoisotopic (exact) mass is 372 g/mol. The van der Waals surface area contributed by atoms with Gasteiger partial charge in [0.1, 0.15) is 0 Å². The standard InChI is InChI=1S/C18H17ClN4OS/c1-20-18(25)22(2)21-16-13-8-4-6-10-15(13)23(17(16)24)11-12-7-3-5-9-14(12)19/h3-10H,11H2,1-2H3,(H,20,25)/b21-16-. The van der Waals surface area contributed by atoms with E-state index in [1.165, 1.54) is 5.01 Å². The van der Waals surface area contributed by atoms with Crippen LogP contribution in [0.5, 0.6) is 0 Å². The summed E-state index contributed by atoms with van der Waals surface area (Å²) < 4.78 is 0. The predicted octanol–water partition coefficient (Wildman–Crippen LogP) is 3.03. The fourth-order valence-corrected chi connectivity index (χ4v) is 2.91.